The first-order valence-electron chi connectivity index (χ1n) is 39.2. The number of phenolic OH excluding ortho intramolecular Hbond substituents is 1. The van der Waals surface area contributed by atoms with Crippen LogP contribution in [0.2, 0.25) is 5.02 Å². The minimum absolute atomic E-state index is 0.0702. The number of carbonyl (C=O) groups excluding carboxylic acids is 3. The summed E-state index contributed by atoms with van der Waals surface area (Å²) in [6.07, 6.45) is 18.1. The number of nitrogens with one attached hydrogen (secondary N) is 3. The van der Waals surface area contributed by atoms with Gasteiger partial charge in [-0.05, 0) is 184 Å². The molecule has 1 saturated carbocycles. The van der Waals surface area contributed by atoms with Gasteiger partial charge in [-0.25, -0.2) is 14.0 Å². The fraction of sp³-hybridized carbons (Fsp3) is 0.568. The molecule has 4 fully saturated rings. The van der Waals surface area contributed by atoms with E-state index in [1.54, 1.807) is 53.4 Å². The Labute approximate surface area is 643 Å². The number of ether oxygens (including phenoxy) is 5. The van der Waals surface area contributed by atoms with E-state index in [-0.39, 0.29) is 35.4 Å². The third-order valence-corrected chi connectivity index (χ3v) is 18.5. The molecule has 0 radical (unpaired) electrons. The van der Waals surface area contributed by atoms with Crippen LogP contribution >= 0.6 is 11.6 Å². The molecule has 3 saturated heterocycles. The van der Waals surface area contributed by atoms with Gasteiger partial charge in [0.2, 0.25) is 5.91 Å². The number of piperazine rings is 1. The first kappa shape index (κ1) is 92.7. The largest absolute Gasteiger partial charge is 0.504 e. The molecule has 0 aromatic heterocycles. The Balaban J connectivity index is 0.000000327. The van der Waals surface area contributed by atoms with Crippen molar-refractivity contribution in [3.8, 4) is 29.1 Å². The maximum Gasteiger partial charge on any atom is 0.337 e. The number of benzene rings is 5. The fourth-order valence-electron chi connectivity index (χ4n) is 12.2. The van der Waals surface area contributed by atoms with Gasteiger partial charge in [-0.2, -0.15) is 5.26 Å². The number of carbonyl (C=O) groups is 3. The Hall–Kier alpha value is -7.46. The summed E-state index contributed by atoms with van der Waals surface area (Å²) in [7, 11) is 1.35. The molecule has 3 amide bonds. The number of morpholine rings is 1. The Bertz CT molecular complexity index is 3370. The molecular formula is C88H133ClFN7O9. The summed E-state index contributed by atoms with van der Waals surface area (Å²) in [4.78, 5) is 42.1. The van der Waals surface area contributed by atoms with Gasteiger partial charge in [-0.3, -0.25) is 9.69 Å². The summed E-state index contributed by atoms with van der Waals surface area (Å²) in [5.41, 5.74) is 7.44. The van der Waals surface area contributed by atoms with Crippen LogP contribution in [0.5, 0.6) is 23.0 Å². The SMILES string of the molecule is CC(C)/C=C/c1c(F)cccc1Cl.CC(C)C1CCCCCC1.CC(C)CN1CCNCC1.CCOc1ccc(NC(=O)CN2CCCCC2)cc1C(C)C.CCOc1ccc(NC(=O)N2CCOCC2)cc1C(C)C.CCOc1cccc(C(C)C)c1O.COC(=O)c1ccc(/C=C(\C#N)C(C)C)cc1. The highest BCUT2D eigenvalue weighted by molar-refractivity contribution is 6.32. The van der Waals surface area contributed by atoms with Crippen molar-refractivity contribution >= 4 is 53.0 Å². The second kappa shape index (κ2) is 52.5. The maximum absolute atomic E-state index is 13.2. The number of aromatic hydroxyl groups is 1. The number of phenols is 1. The van der Waals surface area contributed by atoms with Crippen molar-refractivity contribution in [1.82, 2.24) is 20.0 Å². The molecule has 3 aliphatic heterocycles. The van der Waals surface area contributed by atoms with E-state index < -0.39 is 0 Å². The van der Waals surface area contributed by atoms with E-state index >= 15 is 0 Å². The number of anilines is 2. The summed E-state index contributed by atoms with van der Waals surface area (Å²) in [6.45, 7) is 48.8. The van der Waals surface area contributed by atoms with Crippen LogP contribution in [0.4, 0.5) is 20.6 Å². The molecule has 16 nitrogen and oxygen atoms in total. The lowest BCUT2D eigenvalue weighted by Gasteiger charge is -2.28. The van der Waals surface area contributed by atoms with Gasteiger partial charge in [-0.1, -0.05) is 196 Å². The highest BCUT2D eigenvalue weighted by Gasteiger charge is 2.21. The van der Waals surface area contributed by atoms with Crippen molar-refractivity contribution in [2.24, 2.45) is 29.6 Å². The van der Waals surface area contributed by atoms with Crippen LogP contribution in [0.3, 0.4) is 0 Å². The highest BCUT2D eigenvalue weighted by atomic mass is 35.5. The van der Waals surface area contributed by atoms with Crippen LogP contribution in [0.25, 0.3) is 12.2 Å². The number of nitriles is 1. The normalized spacial score (nSPS) is 15.0. The Morgan fingerprint density at radius 1 is 0.651 bits per heavy atom. The smallest absolute Gasteiger partial charge is 0.337 e. The molecule has 5 aromatic carbocycles. The third kappa shape index (κ3) is 36.4. The third-order valence-electron chi connectivity index (χ3n) is 18.2. The molecule has 4 aliphatic rings. The number of amides is 3. The van der Waals surface area contributed by atoms with Crippen LogP contribution in [0, 0.1) is 46.7 Å². The summed E-state index contributed by atoms with van der Waals surface area (Å²) < 4.78 is 39.6. The number of urea groups is 1. The van der Waals surface area contributed by atoms with E-state index in [4.69, 9.17) is 35.8 Å². The highest BCUT2D eigenvalue weighted by Crippen LogP contribution is 2.35. The second-order valence-electron chi connectivity index (χ2n) is 29.5. The molecule has 3 heterocycles. The topological polar surface area (TPSA) is 187 Å². The molecule has 0 spiro atoms. The zero-order valence-corrected chi connectivity index (χ0v) is 68.6. The zero-order valence-electron chi connectivity index (χ0n) is 67.8. The standard InChI is InChI=1S/C18H28N2O2.C16H24N2O3.C14H15NO2.C11H12ClF.C11H16O2.C10H20.C8H18N2/c1-4-22-17-9-8-15(12-16(17)14(2)3)19-18(21)13-20-10-6-5-7-11-20;1-4-21-15-6-5-13(11-14(15)12(2)3)17-16(19)18-7-9-20-10-8-18;1-10(2)13(9-15)8-11-4-6-12(7-5-11)14(16)17-3;1-8(2)6-7-9-10(12)4-3-5-11(9)13;1-4-13-10-7-5-6-9(8(2)3)11(10)12;1-9(2)10-7-5-3-4-6-8-10;1-8(2)7-10-5-3-9-4-6-10/h8-9,12,14H,4-7,10-11,13H2,1-3H3,(H,19,21);5-6,11-12H,4,7-10H2,1-3H3,(H,17,19);4-8,10H,1-3H3;3-8H,1-2H3;5-8,12H,4H2,1-3H3;9-10H,3-8H2,1-2H3;8-9H,3-7H2,1-2H3/b;;13-8+;7-6+;;;. The lowest BCUT2D eigenvalue weighted by atomic mass is 9.89. The molecule has 0 atom stereocenters. The number of rotatable bonds is 21. The van der Waals surface area contributed by atoms with E-state index in [0.717, 1.165) is 81.5 Å². The van der Waals surface area contributed by atoms with Gasteiger partial charge in [-0.15, -0.1) is 0 Å². The molecule has 1 aliphatic carbocycles. The summed E-state index contributed by atoms with van der Waals surface area (Å²) in [6, 6.07) is 31.1. The number of nitrogens with zero attached hydrogens (tertiary/aromatic N) is 4. The lowest BCUT2D eigenvalue weighted by Crippen LogP contribution is -2.44. The molecule has 9 rings (SSSR count). The molecule has 106 heavy (non-hydrogen) atoms. The number of allylic oxidation sites excluding steroid dienone is 2. The van der Waals surface area contributed by atoms with Crippen molar-refractivity contribution in [2.75, 3.05) is 116 Å². The fourth-order valence-corrected chi connectivity index (χ4v) is 12.4. The minimum atomic E-state index is -0.357. The number of esters is 1. The van der Waals surface area contributed by atoms with Gasteiger partial charge in [0.1, 0.15) is 17.3 Å². The van der Waals surface area contributed by atoms with Gasteiger partial charge in [0.15, 0.2) is 11.5 Å². The molecule has 18 heteroatoms. The Kier molecular flexibility index (Phi) is 46.0. The molecule has 4 N–H and O–H groups in total. The van der Waals surface area contributed by atoms with Gasteiger partial charge in [0, 0.05) is 73.9 Å². The van der Waals surface area contributed by atoms with Crippen molar-refractivity contribution < 1.29 is 47.6 Å². The molecule has 0 unspecified atom stereocenters. The summed E-state index contributed by atoms with van der Waals surface area (Å²) in [5.74, 6) is 6.49. The van der Waals surface area contributed by atoms with Crippen LogP contribution in [0.15, 0.2) is 109 Å². The van der Waals surface area contributed by atoms with Crippen molar-refractivity contribution in [3.63, 3.8) is 0 Å². The number of piperidine rings is 1. The number of methoxy groups -OCH3 is 1. The predicted molar refractivity (Wildman–Crippen MR) is 439 cm³/mol. The van der Waals surface area contributed by atoms with Crippen molar-refractivity contribution in [2.45, 2.75) is 193 Å². The van der Waals surface area contributed by atoms with Gasteiger partial charge >= 0.3 is 12.0 Å². The maximum atomic E-state index is 13.2. The number of likely N-dealkylation sites (tertiary alicyclic amines) is 1. The number of hydrogen-bond acceptors (Lipinski definition) is 13. The van der Waals surface area contributed by atoms with E-state index in [1.165, 1.54) is 104 Å². The van der Waals surface area contributed by atoms with Gasteiger partial charge in [0.05, 0.1) is 63.3 Å². The van der Waals surface area contributed by atoms with Crippen LogP contribution in [-0.2, 0) is 14.3 Å². The van der Waals surface area contributed by atoms with E-state index in [9.17, 15) is 23.9 Å². The average Bonchev–Trinajstić information content (AvgIpc) is 0.886. The first-order valence-corrected chi connectivity index (χ1v) is 39.5. The van der Waals surface area contributed by atoms with Crippen molar-refractivity contribution in [3.05, 3.63) is 153 Å². The van der Waals surface area contributed by atoms with Crippen LogP contribution in [0.1, 0.15) is 231 Å². The monoisotopic (exact) mass is 1490 g/mol. The zero-order chi connectivity index (χ0) is 78.5. The molecule has 0 bridgehead atoms. The minimum Gasteiger partial charge on any atom is -0.504 e. The van der Waals surface area contributed by atoms with E-state index in [0.29, 0.717) is 98.2 Å². The first-order chi connectivity index (χ1) is 50.7. The number of hydrogen-bond donors (Lipinski definition) is 4. The molecule has 588 valence electrons. The second-order valence-corrected chi connectivity index (χ2v) is 29.9. The van der Waals surface area contributed by atoms with Crippen molar-refractivity contribution in [1.29, 1.82) is 5.26 Å². The predicted octanol–water partition coefficient (Wildman–Crippen LogP) is 21.0. The van der Waals surface area contributed by atoms with Crippen LogP contribution in [-0.4, -0.2) is 143 Å². The van der Waals surface area contributed by atoms with E-state index in [1.807, 2.05) is 123 Å². The number of halogens is 2. The number of para-hydroxylation sites is 1. The average molecular weight is 1490 g/mol. The molecular weight excluding hydrogens is 1350 g/mol. The van der Waals surface area contributed by atoms with Gasteiger partial charge < -0.3 is 54.5 Å². The summed E-state index contributed by atoms with van der Waals surface area (Å²) >= 11 is 5.82. The lowest BCUT2D eigenvalue weighted by molar-refractivity contribution is -0.117. The molecule has 5 aromatic rings. The quantitative estimate of drug-likeness (QED) is 0.0309. The Morgan fingerprint density at radius 2 is 1.18 bits per heavy atom. The summed E-state index contributed by atoms with van der Waals surface area (Å²) in [5, 5.41) is 28.5. The Morgan fingerprint density at radius 3 is 1.66 bits per heavy atom. The van der Waals surface area contributed by atoms with Crippen LogP contribution < -0.4 is 30.2 Å². The van der Waals surface area contributed by atoms with Gasteiger partial charge in [0.25, 0.3) is 0 Å². The van der Waals surface area contributed by atoms with E-state index in [2.05, 4.69) is 91.9 Å².